The van der Waals surface area contributed by atoms with Gasteiger partial charge in [0.15, 0.2) is 0 Å². The van der Waals surface area contributed by atoms with E-state index in [4.69, 9.17) is 0 Å². The van der Waals surface area contributed by atoms with Crippen LogP contribution in [0.1, 0.15) is 5.69 Å². The second kappa shape index (κ2) is 4.11. The highest BCUT2D eigenvalue weighted by Crippen LogP contribution is 2.23. The molecule has 0 aliphatic carbocycles. The summed E-state index contributed by atoms with van der Waals surface area (Å²) >= 11 is 0. The van der Waals surface area contributed by atoms with E-state index in [2.05, 4.69) is 9.97 Å². The van der Waals surface area contributed by atoms with Crippen molar-refractivity contribution in [2.45, 2.75) is 6.92 Å². The molecule has 0 fully saturated rings. The number of nitrogens with zero attached hydrogens (tertiary/aromatic N) is 2. The molecule has 0 radical (unpaired) electrons. The van der Waals surface area contributed by atoms with Gasteiger partial charge in [0.25, 0.3) is 0 Å². The van der Waals surface area contributed by atoms with Crippen LogP contribution in [-0.2, 0) is 0 Å². The number of aryl methyl sites for hydroxylation is 1. The second-order valence-electron chi connectivity index (χ2n) is 4.26. The molecule has 0 atom stereocenters. The van der Waals surface area contributed by atoms with E-state index in [0.29, 0.717) is 0 Å². The normalized spacial score (nSPS) is 10.7. The summed E-state index contributed by atoms with van der Waals surface area (Å²) < 4.78 is 0. The minimum Gasteiger partial charge on any atom is -0.508 e. The number of hydrogen-bond donors (Lipinski definition) is 1. The minimum atomic E-state index is 0.258. The van der Waals surface area contributed by atoms with E-state index in [1.165, 1.54) is 0 Å². The van der Waals surface area contributed by atoms with E-state index in [1.807, 2.05) is 43.5 Å². The lowest BCUT2D eigenvalue weighted by Crippen LogP contribution is -1.87. The molecule has 2 heterocycles. The quantitative estimate of drug-likeness (QED) is 0.705. The number of hydrogen-bond acceptors (Lipinski definition) is 3. The van der Waals surface area contributed by atoms with Crippen molar-refractivity contribution in [1.82, 2.24) is 9.97 Å². The molecule has 2 aromatic heterocycles. The third kappa shape index (κ3) is 1.91. The molecule has 3 heteroatoms. The van der Waals surface area contributed by atoms with E-state index < -0.39 is 0 Å². The first-order chi connectivity index (χ1) is 8.72. The molecule has 3 rings (SSSR count). The summed E-state index contributed by atoms with van der Waals surface area (Å²) in [5.74, 6) is 0.258. The molecule has 0 aliphatic rings. The third-order valence-electron chi connectivity index (χ3n) is 2.88. The maximum absolute atomic E-state index is 9.41. The Bertz CT molecular complexity index is 705. The van der Waals surface area contributed by atoms with Gasteiger partial charge in [-0.1, -0.05) is 6.07 Å². The van der Waals surface area contributed by atoms with Gasteiger partial charge in [0.05, 0.1) is 11.2 Å². The van der Waals surface area contributed by atoms with E-state index in [0.717, 1.165) is 27.9 Å². The lowest BCUT2D eigenvalue weighted by molar-refractivity contribution is 0.476. The van der Waals surface area contributed by atoms with Crippen molar-refractivity contribution in [3.63, 3.8) is 0 Å². The Kier molecular flexibility index (Phi) is 2.45. The Morgan fingerprint density at radius 2 is 1.89 bits per heavy atom. The Balaban J connectivity index is 2.13. The molecule has 0 saturated heterocycles. The Labute approximate surface area is 105 Å². The lowest BCUT2D eigenvalue weighted by atomic mass is 10.1. The van der Waals surface area contributed by atoms with Gasteiger partial charge in [0.1, 0.15) is 5.75 Å². The lowest BCUT2D eigenvalue weighted by Gasteiger charge is -2.03. The van der Waals surface area contributed by atoms with Gasteiger partial charge in [0, 0.05) is 22.8 Å². The predicted molar refractivity (Wildman–Crippen MR) is 71.4 cm³/mol. The van der Waals surface area contributed by atoms with Gasteiger partial charge in [-0.25, -0.2) is 4.98 Å². The van der Waals surface area contributed by atoms with Crippen molar-refractivity contribution in [2.75, 3.05) is 0 Å². The maximum atomic E-state index is 9.41. The van der Waals surface area contributed by atoms with Gasteiger partial charge in [-0.3, -0.25) is 4.98 Å². The fourth-order valence-electron chi connectivity index (χ4n) is 1.89. The van der Waals surface area contributed by atoms with Gasteiger partial charge in [-0.15, -0.1) is 0 Å². The van der Waals surface area contributed by atoms with Crippen molar-refractivity contribution in [3.05, 3.63) is 54.4 Å². The fraction of sp³-hybridized carbons (Fsp3) is 0.0667. The minimum absolute atomic E-state index is 0.258. The molecule has 3 aromatic rings. The summed E-state index contributed by atoms with van der Waals surface area (Å²) in [4.78, 5) is 8.83. The van der Waals surface area contributed by atoms with E-state index in [9.17, 15) is 5.11 Å². The number of benzene rings is 1. The van der Waals surface area contributed by atoms with Gasteiger partial charge in [0.2, 0.25) is 0 Å². The molecular weight excluding hydrogens is 224 g/mol. The highest BCUT2D eigenvalue weighted by Gasteiger charge is 2.02. The van der Waals surface area contributed by atoms with Gasteiger partial charge < -0.3 is 5.11 Å². The zero-order chi connectivity index (χ0) is 12.5. The molecule has 1 aromatic carbocycles. The summed E-state index contributed by atoms with van der Waals surface area (Å²) in [6, 6.07) is 13.0. The number of phenols is 1. The summed E-state index contributed by atoms with van der Waals surface area (Å²) in [6.45, 7) is 1.96. The van der Waals surface area contributed by atoms with Crippen molar-refractivity contribution in [3.8, 4) is 17.0 Å². The highest BCUT2D eigenvalue weighted by atomic mass is 16.3. The summed E-state index contributed by atoms with van der Waals surface area (Å²) in [7, 11) is 0. The van der Waals surface area contributed by atoms with Crippen LogP contribution in [0.4, 0.5) is 0 Å². The molecule has 0 aliphatic heterocycles. The van der Waals surface area contributed by atoms with Crippen LogP contribution < -0.4 is 0 Å². The first kappa shape index (κ1) is 10.7. The molecule has 0 unspecified atom stereocenters. The van der Waals surface area contributed by atoms with Crippen molar-refractivity contribution < 1.29 is 5.11 Å². The van der Waals surface area contributed by atoms with Crippen molar-refractivity contribution in [1.29, 1.82) is 0 Å². The molecule has 0 amide bonds. The zero-order valence-electron chi connectivity index (χ0n) is 9.96. The predicted octanol–water partition coefficient (Wildman–Crippen LogP) is 3.31. The van der Waals surface area contributed by atoms with Crippen LogP contribution in [0.25, 0.3) is 22.2 Å². The van der Waals surface area contributed by atoms with Crippen LogP contribution in [-0.4, -0.2) is 15.1 Å². The van der Waals surface area contributed by atoms with Crippen LogP contribution >= 0.6 is 0 Å². The first-order valence-corrected chi connectivity index (χ1v) is 5.75. The van der Waals surface area contributed by atoms with Crippen LogP contribution in [0, 0.1) is 6.92 Å². The molecule has 0 bridgehead atoms. The van der Waals surface area contributed by atoms with E-state index in [-0.39, 0.29) is 5.75 Å². The SMILES string of the molecule is Cc1ccc(-c2ccc3cc(O)ccc3n2)cn1. The van der Waals surface area contributed by atoms with Crippen molar-refractivity contribution in [2.24, 2.45) is 0 Å². The Morgan fingerprint density at radius 1 is 1.00 bits per heavy atom. The van der Waals surface area contributed by atoms with E-state index >= 15 is 0 Å². The number of phenolic OH excluding ortho intramolecular Hbond substituents is 1. The maximum Gasteiger partial charge on any atom is 0.116 e. The van der Waals surface area contributed by atoms with Crippen LogP contribution in [0.2, 0.25) is 0 Å². The van der Waals surface area contributed by atoms with Gasteiger partial charge in [-0.2, -0.15) is 0 Å². The summed E-state index contributed by atoms with van der Waals surface area (Å²) in [5, 5.41) is 10.3. The largest absolute Gasteiger partial charge is 0.508 e. The molecule has 88 valence electrons. The monoisotopic (exact) mass is 236 g/mol. The third-order valence-corrected chi connectivity index (χ3v) is 2.88. The van der Waals surface area contributed by atoms with Gasteiger partial charge >= 0.3 is 0 Å². The number of fused-ring (bicyclic) bond motifs is 1. The molecule has 3 nitrogen and oxygen atoms in total. The average molecular weight is 236 g/mol. The number of aromatic nitrogens is 2. The smallest absolute Gasteiger partial charge is 0.116 e. The topological polar surface area (TPSA) is 46.0 Å². The average Bonchev–Trinajstić information content (AvgIpc) is 2.39. The molecule has 0 saturated carbocycles. The number of aromatic hydroxyl groups is 1. The van der Waals surface area contributed by atoms with Crippen LogP contribution in [0.3, 0.4) is 0 Å². The van der Waals surface area contributed by atoms with Crippen molar-refractivity contribution >= 4 is 10.9 Å². The number of rotatable bonds is 1. The fourth-order valence-corrected chi connectivity index (χ4v) is 1.89. The second-order valence-corrected chi connectivity index (χ2v) is 4.26. The van der Waals surface area contributed by atoms with Crippen LogP contribution in [0.5, 0.6) is 5.75 Å². The summed E-state index contributed by atoms with van der Waals surface area (Å²) in [6.07, 6.45) is 1.82. The molecule has 1 N–H and O–H groups in total. The highest BCUT2D eigenvalue weighted by molar-refractivity contribution is 5.82. The summed E-state index contributed by atoms with van der Waals surface area (Å²) in [5.41, 5.74) is 3.74. The molecule has 18 heavy (non-hydrogen) atoms. The standard InChI is InChI=1S/C15H12N2O/c1-10-2-3-12(9-16-10)15-6-4-11-8-13(18)5-7-14(11)17-15/h2-9,18H,1H3. The molecule has 0 spiro atoms. The zero-order valence-corrected chi connectivity index (χ0v) is 9.96. The Hall–Kier alpha value is -2.42. The van der Waals surface area contributed by atoms with Gasteiger partial charge in [-0.05, 0) is 43.3 Å². The molecular formula is C15H12N2O. The Morgan fingerprint density at radius 3 is 2.67 bits per heavy atom. The first-order valence-electron chi connectivity index (χ1n) is 5.75. The van der Waals surface area contributed by atoms with Crippen LogP contribution in [0.15, 0.2) is 48.7 Å². The number of pyridine rings is 2. The van der Waals surface area contributed by atoms with E-state index in [1.54, 1.807) is 12.1 Å².